The van der Waals surface area contributed by atoms with Gasteiger partial charge in [0.15, 0.2) is 0 Å². The van der Waals surface area contributed by atoms with Crippen LogP contribution < -0.4 is 0 Å². The van der Waals surface area contributed by atoms with Crippen molar-refractivity contribution in [2.24, 2.45) is 5.92 Å². The molecule has 0 amide bonds. The van der Waals surface area contributed by atoms with E-state index in [4.69, 9.17) is 0 Å². The van der Waals surface area contributed by atoms with Gasteiger partial charge in [-0.05, 0) is 50.8 Å². The largest absolute Gasteiger partial charge is 0.300 e. The Morgan fingerprint density at radius 1 is 1.22 bits per heavy atom. The molecular weight excluding hydrogens is 222 g/mol. The normalized spacial score (nSPS) is 17.8. The Hall–Kier alpha value is -1.15. The van der Waals surface area contributed by atoms with Gasteiger partial charge in [-0.2, -0.15) is 0 Å². The van der Waals surface area contributed by atoms with Crippen molar-refractivity contribution in [3.05, 3.63) is 35.9 Å². The van der Waals surface area contributed by atoms with Crippen molar-refractivity contribution < 1.29 is 4.79 Å². The Bertz CT molecular complexity index is 366. The third-order valence-corrected chi connectivity index (χ3v) is 3.86. The van der Waals surface area contributed by atoms with E-state index in [1.807, 2.05) is 0 Å². The van der Waals surface area contributed by atoms with Gasteiger partial charge < -0.3 is 4.79 Å². The second kappa shape index (κ2) is 6.69. The summed E-state index contributed by atoms with van der Waals surface area (Å²) >= 11 is 0. The molecule has 0 aliphatic carbocycles. The Balaban J connectivity index is 1.72. The highest BCUT2D eigenvalue weighted by Crippen LogP contribution is 2.23. The number of piperidine rings is 1. The van der Waals surface area contributed by atoms with Gasteiger partial charge in [-0.1, -0.05) is 30.3 Å². The van der Waals surface area contributed by atoms with Crippen LogP contribution in [0, 0.1) is 5.92 Å². The van der Waals surface area contributed by atoms with E-state index in [0.717, 1.165) is 25.3 Å². The predicted octanol–water partition coefficient (Wildman–Crippen LogP) is 3.27. The summed E-state index contributed by atoms with van der Waals surface area (Å²) in [6.45, 7) is 5.12. The van der Waals surface area contributed by atoms with E-state index in [-0.39, 0.29) is 0 Å². The number of Topliss-reactive ketones (excluding diaryl/α,β-unsaturated/α-hetero) is 1. The maximum Gasteiger partial charge on any atom is 0.129 e. The predicted molar refractivity (Wildman–Crippen MR) is 74.4 cm³/mol. The van der Waals surface area contributed by atoms with Crippen LogP contribution in [0.1, 0.15) is 38.2 Å². The van der Waals surface area contributed by atoms with Crippen LogP contribution in [-0.4, -0.2) is 23.8 Å². The van der Waals surface area contributed by atoms with Crippen molar-refractivity contribution in [3.63, 3.8) is 0 Å². The van der Waals surface area contributed by atoms with E-state index in [9.17, 15) is 4.79 Å². The van der Waals surface area contributed by atoms with E-state index in [1.54, 1.807) is 6.92 Å². The fourth-order valence-electron chi connectivity index (χ4n) is 2.68. The average molecular weight is 245 g/mol. The Morgan fingerprint density at radius 3 is 2.50 bits per heavy atom. The summed E-state index contributed by atoms with van der Waals surface area (Å²) in [5.41, 5.74) is 1.40. The lowest BCUT2D eigenvalue weighted by Gasteiger charge is -2.31. The summed E-state index contributed by atoms with van der Waals surface area (Å²) in [4.78, 5) is 13.5. The third-order valence-electron chi connectivity index (χ3n) is 3.86. The maximum atomic E-state index is 11.0. The van der Waals surface area contributed by atoms with Gasteiger partial charge in [-0.3, -0.25) is 4.90 Å². The van der Waals surface area contributed by atoms with Crippen LogP contribution in [0.4, 0.5) is 0 Å². The number of carbonyl (C=O) groups excluding carboxylic acids is 1. The van der Waals surface area contributed by atoms with Crippen molar-refractivity contribution in [2.45, 2.75) is 39.2 Å². The molecular formula is C16H23NO. The number of carbonyl (C=O) groups is 1. The van der Waals surface area contributed by atoms with E-state index in [1.165, 1.54) is 31.5 Å². The van der Waals surface area contributed by atoms with Gasteiger partial charge in [0.2, 0.25) is 0 Å². The zero-order valence-electron chi connectivity index (χ0n) is 11.3. The first-order valence-electron chi connectivity index (χ1n) is 7.00. The second-order valence-corrected chi connectivity index (χ2v) is 5.45. The van der Waals surface area contributed by atoms with E-state index < -0.39 is 0 Å². The molecule has 0 aromatic heterocycles. The lowest BCUT2D eigenvalue weighted by Crippen LogP contribution is -2.33. The average Bonchev–Trinajstić information content (AvgIpc) is 2.39. The number of likely N-dealkylation sites (tertiary alicyclic amines) is 1. The molecule has 1 aliphatic rings. The van der Waals surface area contributed by atoms with Crippen LogP contribution in [0.5, 0.6) is 0 Å². The number of hydrogen-bond donors (Lipinski definition) is 0. The Morgan fingerprint density at radius 2 is 1.89 bits per heavy atom. The zero-order valence-corrected chi connectivity index (χ0v) is 11.3. The molecule has 2 heteroatoms. The summed E-state index contributed by atoms with van der Waals surface area (Å²) in [5, 5.41) is 0. The van der Waals surface area contributed by atoms with Gasteiger partial charge in [-0.25, -0.2) is 0 Å². The monoisotopic (exact) mass is 245 g/mol. The second-order valence-electron chi connectivity index (χ2n) is 5.45. The van der Waals surface area contributed by atoms with Crippen LogP contribution in [0.2, 0.25) is 0 Å². The maximum absolute atomic E-state index is 11.0. The molecule has 0 radical (unpaired) electrons. The molecule has 1 aliphatic heterocycles. The topological polar surface area (TPSA) is 20.3 Å². The minimum atomic E-state index is 0.335. The minimum Gasteiger partial charge on any atom is -0.300 e. The molecule has 0 spiro atoms. The number of hydrogen-bond acceptors (Lipinski definition) is 2. The van der Waals surface area contributed by atoms with Gasteiger partial charge in [0, 0.05) is 13.0 Å². The lowest BCUT2D eigenvalue weighted by molar-refractivity contribution is -0.117. The zero-order chi connectivity index (χ0) is 12.8. The first-order valence-corrected chi connectivity index (χ1v) is 7.00. The van der Waals surface area contributed by atoms with Crippen molar-refractivity contribution in [1.29, 1.82) is 0 Å². The molecule has 1 aromatic carbocycles. The molecule has 1 saturated heterocycles. The van der Waals surface area contributed by atoms with Crippen LogP contribution >= 0.6 is 0 Å². The molecule has 1 heterocycles. The van der Waals surface area contributed by atoms with Crippen LogP contribution in [0.15, 0.2) is 30.3 Å². The Kier molecular flexibility index (Phi) is 4.94. The fraction of sp³-hybridized carbons (Fsp3) is 0.562. The number of ketones is 1. The van der Waals surface area contributed by atoms with Crippen LogP contribution in [0.3, 0.4) is 0 Å². The number of benzene rings is 1. The fourth-order valence-corrected chi connectivity index (χ4v) is 2.68. The van der Waals surface area contributed by atoms with E-state index >= 15 is 0 Å². The smallest absolute Gasteiger partial charge is 0.129 e. The standard InChI is InChI=1S/C16H23NO/c1-14(18)7-8-15-9-11-17(12-10-15)13-16-5-3-2-4-6-16/h2-6,15H,7-13H2,1H3. The van der Waals surface area contributed by atoms with Crippen LogP contribution in [0.25, 0.3) is 0 Å². The molecule has 0 N–H and O–H groups in total. The molecule has 2 nitrogen and oxygen atoms in total. The van der Waals surface area contributed by atoms with E-state index in [2.05, 4.69) is 35.2 Å². The SMILES string of the molecule is CC(=O)CCC1CCN(Cc2ccccc2)CC1. The molecule has 18 heavy (non-hydrogen) atoms. The summed E-state index contributed by atoms with van der Waals surface area (Å²) in [6, 6.07) is 10.7. The highest BCUT2D eigenvalue weighted by molar-refractivity contribution is 5.75. The van der Waals surface area contributed by atoms with Gasteiger partial charge in [0.1, 0.15) is 5.78 Å². The molecule has 0 saturated carbocycles. The van der Waals surface area contributed by atoms with Gasteiger partial charge in [0.05, 0.1) is 0 Å². The van der Waals surface area contributed by atoms with E-state index in [0.29, 0.717) is 5.78 Å². The molecule has 1 aromatic rings. The minimum absolute atomic E-state index is 0.335. The first-order chi connectivity index (χ1) is 8.74. The molecule has 98 valence electrons. The molecule has 1 fully saturated rings. The van der Waals surface area contributed by atoms with Gasteiger partial charge in [0.25, 0.3) is 0 Å². The van der Waals surface area contributed by atoms with Crippen molar-refractivity contribution in [2.75, 3.05) is 13.1 Å². The van der Waals surface area contributed by atoms with Crippen molar-refractivity contribution in [1.82, 2.24) is 4.90 Å². The number of rotatable bonds is 5. The number of nitrogens with zero attached hydrogens (tertiary/aromatic N) is 1. The molecule has 0 unspecified atom stereocenters. The quantitative estimate of drug-likeness (QED) is 0.793. The molecule has 0 atom stereocenters. The first kappa shape index (κ1) is 13.3. The summed E-state index contributed by atoms with van der Waals surface area (Å²) in [7, 11) is 0. The summed E-state index contributed by atoms with van der Waals surface area (Å²) in [5.74, 6) is 1.10. The van der Waals surface area contributed by atoms with Gasteiger partial charge >= 0.3 is 0 Å². The molecule has 0 bridgehead atoms. The Labute approximate surface area is 110 Å². The highest BCUT2D eigenvalue weighted by atomic mass is 16.1. The molecule has 2 rings (SSSR count). The third kappa shape index (κ3) is 4.26. The summed E-state index contributed by atoms with van der Waals surface area (Å²) < 4.78 is 0. The van der Waals surface area contributed by atoms with Gasteiger partial charge in [-0.15, -0.1) is 0 Å². The van der Waals surface area contributed by atoms with Crippen LogP contribution in [-0.2, 0) is 11.3 Å². The highest BCUT2D eigenvalue weighted by Gasteiger charge is 2.19. The van der Waals surface area contributed by atoms with Crippen molar-refractivity contribution in [3.8, 4) is 0 Å². The summed E-state index contributed by atoms with van der Waals surface area (Å²) in [6.07, 6.45) is 4.36. The van der Waals surface area contributed by atoms with Crippen molar-refractivity contribution >= 4 is 5.78 Å². The lowest BCUT2D eigenvalue weighted by atomic mass is 9.91.